The molecule has 0 aliphatic carbocycles. The van der Waals surface area contributed by atoms with Crippen molar-refractivity contribution in [2.45, 2.75) is 46.1 Å². The van der Waals surface area contributed by atoms with E-state index in [4.69, 9.17) is 9.51 Å². The second-order valence-corrected chi connectivity index (χ2v) is 7.32. The molecule has 0 aromatic carbocycles. The second-order valence-electron chi connectivity index (χ2n) is 6.56. The van der Waals surface area contributed by atoms with Crippen LogP contribution >= 0.6 is 11.5 Å². The molecule has 1 fully saturated rings. The van der Waals surface area contributed by atoms with Crippen LogP contribution in [0.25, 0.3) is 11.4 Å². The molecule has 1 aliphatic rings. The molecule has 1 saturated heterocycles. The molecule has 1 unspecified atom stereocenters. The van der Waals surface area contributed by atoms with Crippen molar-refractivity contribution in [1.82, 2.24) is 29.6 Å². The summed E-state index contributed by atoms with van der Waals surface area (Å²) in [6.45, 7) is 6.40. The zero-order valence-electron chi connectivity index (χ0n) is 15.5. The largest absolute Gasteiger partial charge is 0.361 e. The van der Waals surface area contributed by atoms with E-state index in [2.05, 4.69) is 19.7 Å². The first-order chi connectivity index (χ1) is 13.1. The predicted molar refractivity (Wildman–Crippen MR) is 99.3 cm³/mol. The highest BCUT2D eigenvalue weighted by molar-refractivity contribution is 7.08. The van der Waals surface area contributed by atoms with Crippen molar-refractivity contribution < 1.29 is 9.32 Å². The average molecular weight is 384 g/mol. The van der Waals surface area contributed by atoms with E-state index >= 15 is 0 Å². The van der Waals surface area contributed by atoms with Gasteiger partial charge in [0.2, 0.25) is 0 Å². The fourth-order valence-electron chi connectivity index (χ4n) is 3.53. The van der Waals surface area contributed by atoms with E-state index < -0.39 is 0 Å². The lowest BCUT2D eigenvalue weighted by Gasteiger charge is -2.24. The predicted octanol–water partition coefficient (Wildman–Crippen LogP) is 3.14. The molecule has 8 nitrogen and oxygen atoms in total. The van der Waals surface area contributed by atoms with Gasteiger partial charge < -0.3 is 9.42 Å². The summed E-state index contributed by atoms with van der Waals surface area (Å²) in [7, 11) is 0. The average Bonchev–Trinajstić information content (AvgIpc) is 3.41. The number of aryl methyl sites for hydroxylation is 3. The summed E-state index contributed by atoms with van der Waals surface area (Å²) in [6, 6.07) is 1.80. The molecule has 4 heterocycles. The standard InChI is InChI=1S/C18H20N6O2S/c1-4-12-16(27-23-21-12)18(25)24-9-5-6-14(24)13-7-8-19-17(20-13)15-10(2)22-26-11(15)3/h7-8,14H,4-6,9H2,1-3H3. The topological polar surface area (TPSA) is 97.9 Å². The molecular formula is C18H20N6O2S. The molecule has 27 heavy (non-hydrogen) atoms. The highest BCUT2D eigenvalue weighted by Crippen LogP contribution is 2.34. The van der Waals surface area contributed by atoms with Crippen LogP contribution in [0.5, 0.6) is 0 Å². The summed E-state index contributed by atoms with van der Waals surface area (Å²) in [5, 5.41) is 8.05. The number of carbonyl (C=O) groups is 1. The molecule has 0 bridgehead atoms. The van der Waals surface area contributed by atoms with Gasteiger partial charge in [0, 0.05) is 12.7 Å². The number of likely N-dealkylation sites (tertiary alicyclic amines) is 1. The first-order valence-corrected chi connectivity index (χ1v) is 9.75. The Morgan fingerprint density at radius 1 is 1.41 bits per heavy atom. The summed E-state index contributed by atoms with van der Waals surface area (Å²) >= 11 is 1.17. The summed E-state index contributed by atoms with van der Waals surface area (Å²) < 4.78 is 9.19. The number of amides is 1. The van der Waals surface area contributed by atoms with Gasteiger partial charge in [-0.15, -0.1) is 5.10 Å². The lowest BCUT2D eigenvalue weighted by atomic mass is 10.1. The molecule has 0 spiro atoms. The van der Waals surface area contributed by atoms with E-state index in [1.165, 1.54) is 11.5 Å². The molecule has 1 amide bonds. The van der Waals surface area contributed by atoms with Crippen LogP contribution in [0.2, 0.25) is 0 Å². The Bertz CT molecular complexity index is 962. The third-order valence-electron chi connectivity index (χ3n) is 4.87. The number of carbonyl (C=O) groups excluding carboxylic acids is 1. The number of nitrogens with zero attached hydrogens (tertiary/aromatic N) is 6. The molecule has 1 aliphatic heterocycles. The smallest absolute Gasteiger partial charge is 0.268 e. The van der Waals surface area contributed by atoms with E-state index in [0.717, 1.165) is 35.5 Å². The van der Waals surface area contributed by atoms with Crippen molar-refractivity contribution in [2.24, 2.45) is 0 Å². The van der Waals surface area contributed by atoms with Crippen molar-refractivity contribution in [1.29, 1.82) is 0 Å². The maximum atomic E-state index is 13.1. The molecule has 0 radical (unpaired) electrons. The quantitative estimate of drug-likeness (QED) is 0.681. The minimum Gasteiger partial charge on any atom is -0.361 e. The first kappa shape index (κ1) is 17.7. The van der Waals surface area contributed by atoms with Gasteiger partial charge in [0.05, 0.1) is 28.7 Å². The maximum absolute atomic E-state index is 13.1. The third-order valence-corrected chi connectivity index (χ3v) is 5.63. The Hall–Kier alpha value is -2.68. The monoisotopic (exact) mass is 384 g/mol. The van der Waals surface area contributed by atoms with Gasteiger partial charge in [0.1, 0.15) is 10.6 Å². The molecule has 4 rings (SSSR count). The Labute approximate surface area is 160 Å². The van der Waals surface area contributed by atoms with E-state index in [1.807, 2.05) is 31.7 Å². The number of rotatable bonds is 4. The van der Waals surface area contributed by atoms with Crippen LogP contribution < -0.4 is 0 Å². The number of hydrogen-bond acceptors (Lipinski definition) is 8. The Morgan fingerprint density at radius 2 is 2.26 bits per heavy atom. The van der Waals surface area contributed by atoms with Gasteiger partial charge in [-0.1, -0.05) is 16.6 Å². The molecule has 3 aromatic rings. The van der Waals surface area contributed by atoms with Crippen LogP contribution in [0.1, 0.15) is 58.3 Å². The highest BCUT2D eigenvalue weighted by atomic mass is 32.1. The summed E-state index contributed by atoms with van der Waals surface area (Å²) in [4.78, 5) is 24.7. The van der Waals surface area contributed by atoms with Gasteiger partial charge in [0.15, 0.2) is 5.82 Å². The molecule has 0 N–H and O–H groups in total. The SMILES string of the molecule is CCc1nnsc1C(=O)N1CCCC1c1ccnc(-c2c(C)noc2C)n1. The minimum absolute atomic E-state index is 0.0122. The van der Waals surface area contributed by atoms with Crippen molar-refractivity contribution in [3.05, 3.63) is 40.0 Å². The highest BCUT2D eigenvalue weighted by Gasteiger charge is 2.34. The Morgan fingerprint density at radius 3 is 3.00 bits per heavy atom. The molecule has 9 heteroatoms. The van der Waals surface area contributed by atoms with Crippen molar-refractivity contribution in [2.75, 3.05) is 6.54 Å². The van der Waals surface area contributed by atoms with E-state index in [1.54, 1.807) is 6.20 Å². The lowest BCUT2D eigenvalue weighted by Crippen LogP contribution is -2.31. The van der Waals surface area contributed by atoms with Gasteiger partial charge in [-0.25, -0.2) is 9.97 Å². The zero-order chi connectivity index (χ0) is 19.0. The molecule has 1 atom stereocenters. The normalized spacial score (nSPS) is 16.9. The summed E-state index contributed by atoms with van der Waals surface area (Å²) in [5.41, 5.74) is 3.16. The van der Waals surface area contributed by atoms with E-state index in [-0.39, 0.29) is 11.9 Å². The fraction of sp³-hybridized carbons (Fsp3) is 0.444. The summed E-state index contributed by atoms with van der Waals surface area (Å²) in [5.74, 6) is 1.26. The summed E-state index contributed by atoms with van der Waals surface area (Å²) in [6.07, 6.45) is 4.24. The van der Waals surface area contributed by atoms with Crippen LogP contribution in [0.3, 0.4) is 0 Å². The van der Waals surface area contributed by atoms with Crippen LogP contribution in [-0.2, 0) is 6.42 Å². The maximum Gasteiger partial charge on any atom is 0.268 e. The minimum atomic E-state index is -0.0773. The van der Waals surface area contributed by atoms with Crippen LogP contribution in [0.4, 0.5) is 0 Å². The third kappa shape index (κ3) is 3.12. The van der Waals surface area contributed by atoms with Crippen LogP contribution in [0.15, 0.2) is 16.8 Å². The lowest BCUT2D eigenvalue weighted by molar-refractivity contribution is 0.0736. The Kier molecular flexibility index (Phi) is 4.69. The molecule has 140 valence electrons. The van der Waals surface area contributed by atoms with Crippen LogP contribution in [-0.4, -0.2) is 42.1 Å². The van der Waals surface area contributed by atoms with Crippen LogP contribution in [0, 0.1) is 13.8 Å². The molecule has 0 saturated carbocycles. The van der Waals surface area contributed by atoms with Gasteiger partial charge in [0.25, 0.3) is 5.91 Å². The van der Waals surface area contributed by atoms with Crippen molar-refractivity contribution in [3.63, 3.8) is 0 Å². The molecule has 3 aromatic heterocycles. The fourth-order valence-corrected chi connectivity index (χ4v) is 4.24. The second kappa shape index (κ2) is 7.15. The van der Waals surface area contributed by atoms with Gasteiger partial charge in [-0.3, -0.25) is 4.79 Å². The van der Waals surface area contributed by atoms with Gasteiger partial charge in [-0.2, -0.15) is 0 Å². The van der Waals surface area contributed by atoms with E-state index in [9.17, 15) is 4.79 Å². The van der Waals surface area contributed by atoms with E-state index in [0.29, 0.717) is 29.4 Å². The van der Waals surface area contributed by atoms with Gasteiger partial charge >= 0.3 is 0 Å². The van der Waals surface area contributed by atoms with Gasteiger partial charge in [-0.05, 0) is 50.7 Å². The number of hydrogen-bond donors (Lipinski definition) is 0. The Balaban J connectivity index is 1.67. The number of aromatic nitrogens is 5. The van der Waals surface area contributed by atoms with Crippen molar-refractivity contribution >= 4 is 17.4 Å². The first-order valence-electron chi connectivity index (χ1n) is 8.98. The molecular weight excluding hydrogens is 364 g/mol. The zero-order valence-corrected chi connectivity index (χ0v) is 16.3. The van der Waals surface area contributed by atoms with Crippen molar-refractivity contribution in [3.8, 4) is 11.4 Å².